The van der Waals surface area contributed by atoms with Gasteiger partial charge in [0.05, 0.1) is 12.3 Å². The fraction of sp³-hybridized carbons (Fsp3) is 0.471. The summed E-state index contributed by atoms with van der Waals surface area (Å²) in [6.07, 6.45) is 5.11. The Morgan fingerprint density at radius 3 is 2.72 bits per heavy atom. The summed E-state index contributed by atoms with van der Waals surface area (Å²) in [5.41, 5.74) is -0.845. The van der Waals surface area contributed by atoms with Gasteiger partial charge in [-0.1, -0.05) is 6.42 Å². The van der Waals surface area contributed by atoms with Crippen LogP contribution in [0.15, 0.2) is 44.5 Å². The molecule has 8 nitrogen and oxygen atoms in total. The fourth-order valence-corrected chi connectivity index (χ4v) is 3.11. The molecule has 1 amide bonds. The minimum absolute atomic E-state index is 0.0363. The van der Waals surface area contributed by atoms with Crippen molar-refractivity contribution in [3.63, 3.8) is 0 Å². The second kappa shape index (κ2) is 7.98. The first-order valence-electron chi connectivity index (χ1n) is 8.48. The molecule has 2 aromatic rings. The molecule has 3 heterocycles. The Morgan fingerprint density at radius 2 is 2.00 bits per heavy atom. The summed E-state index contributed by atoms with van der Waals surface area (Å²) < 4.78 is 6.54. The van der Waals surface area contributed by atoms with Crippen molar-refractivity contribution in [2.75, 3.05) is 19.6 Å². The number of hydrogen-bond acceptors (Lipinski definition) is 5. The van der Waals surface area contributed by atoms with Crippen LogP contribution in [0.25, 0.3) is 0 Å². The molecule has 0 unspecified atom stereocenters. The van der Waals surface area contributed by atoms with Crippen LogP contribution in [0.4, 0.5) is 0 Å². The van der Waals surface area contributed by atoms with E-state index in [2.05, 4.69) is 15.3 Å². The van der Waals surface area contributed by atoms with Crippen molar-refractivity contribution in [3.8, 4) is 0 Å². The molecule has 2 N–H and O–H groups in total. The average molecular weight is 346 g/mol. The van der Waals surface area contributed by atoms with Gasteiger partial charge in [-0.15, -0.1) is 0 Å². The van der Waals surface area contributed by atoms with Gasteiger partial charge in [0, 0.05) is 18.7 Å². The SMILES string of the molecule is O=C(Cn1[nH]c(=O)ccc1=O)NC[C@@H](c1ccco1)N1CCCCC1. The van der Waals surface area contributed by atoms with Crippen LogP contribution in [0.5, 0.6) is 0 Å². The average Bonchev–Trinajstić information content (AvgIpc) is 3.14. The third-order valence-electron chi connectivity index (χ3n) is 4.39. The van der Waals surface area contributed by atoms with Crippen molar-refractivity contribution in [1.82, 2.24) is 20.0 Å². The quantitative estimate of drug-likeness (QED) is 0.792. The van der Waals surface area contributed by atoms with Crippen molar-refractivity contribution in [3.05, 3.63) is 57.0 Å². The molecule has 0 aliphatic carbocycles. The van der Waals surface area contributed by atoms with Gasteiger partial charge in [-0.2, -0.15) is 0 Å². The number of aromatic amines is 1. The molecule has 8 heteroatoms. The van der Waals surface area contributed by atoms with E-state index in [1.54, 1.807) is 6.26 Å². The van der Waals surface area contributed by atoms with Gasteiger partial charge < -0.3 is 9.73 Å². The maximum atomic E-state index is 12.2. The summed E-state index contributed by atoms with van der Waals surface area (Å²) >= 11 is 0. The van der Waals surface area contributed by atoms with Crippen molar-refractivity contribution >= 4 is 5.91 Å². The molecule has 1 saturated heterocycles. The number of carbonyl (C=O) groups is 1. The van der Waals surface area contributed by atoms with Gasteiger partial charge in [0.1, 0.15) is 12.3 Å². The highest BCUT2D eigenvalue weighted by Crippen LogP contribution is 2.24. The molecule has 0 spiro atoms. The number of rotatable bonds is 6. The number of piperidine rings is 1. The van der Waals surface area contributed by atoms with Crippen LogP contribution in [0.1, 0.15) is 31.1 Å². The summed E-state index contributed by atoms with van der Waals surface area (Å²) in [6.45, 7) is 2.09. The van der Waals surface area contributed by atoms with Crippen molar-refractivity contribution in [2.24, 2.45) is 0 Å². The van der Waals surface area contributed by atoms with Gasteiger partial charge in [0.15, 0.2) is 0 Å². The van der Waals surface area contributed by atoms with Crippen LogP contribution < -0.4 is 16.4 Å². The zero-order chi connectivity index (χ0) is 17.6. The second-order valence-corrected chi connectivity index (χ2v) is 6.17. The Bertz CT molecular complexity index is 803. The number of H-pyrrole nitrogens is 1. The van der Waals surface area contributed by atoms with Crippen LogP contribution in [-0.4, -0.2) is 40.2 Å². The lowest BCUT2D eigenvalue weighted by atomic mass is 10.1. The predicted molar refractivity (Wildman–Crippen MR) is 91.2 cm³/mol. The maximum Gasteiger partial charge on any atom is 0.265 e. The largest absolute Gasteiger partial charge is 0.468 e. The lowest BCUT2D eigenvalue weighted by Gasteiger charge is -2.33. The maximum absolute atomic E-state index is 12.2. The van der Waals surface area contributed by atoms with Crippen LogP contribution in [0, 0.1) is 0 Å². The molecule has 0 saturated carbocycles. The molecular weight excluding hydrogens is 324 g/mol. The van der Waals surface area contributed by atoms with Crippen LogP contribution >= 0.6 is 0 Å². The topological polar surface area (TPSA) is 100 Å². The highest BCUT2D eigenvalue weighted by atomic mass is 16.3. The Morgan fingerprint density at radius 1 is 1.20 bits per heavy atom. The van der Waals surface area contributed by atoms with Crippen molar-refractivity contribution < 1.29 is 9.21 Å². The Hall–Kier alpha value is -2.61. The Labute approximate surface area is 144 Å². The van der Waals surface area contributed by atoms with E-state index in [0.29, 0.717) is 6.54 Å². The Kier molecular flexibility index (Phi) is 5.49. The molecule has 1 fully saturated rings. The number of likely N-dealkylation sites (tertiary alicyclic amines) is 1. The number of hydrogen-bond donors (Lipinski definition) is 2. The standard InChI is InChI=1S/C17H22N4O4/c22-15-6-7-17(24)21(19-15)12-16(23)18-11-13(14-5-4-10-25-14)20-8-2-1-3-9-20/h4-7,10,13H,1-3,8-9,11-12H2,(H,18,23)(H,19,22)/t13-/m0/s1. The zero-order valence-electron chi connectivity index (χ0n) is 13.9. The van der Waals surface area contributed by atoms with E-state index in [4.69, 9.17) is 4.42 Å². The van der Waals surface area contributed by atoms with E-state index >= 15 is 0 Å². The first-order chi connectivity index (χ1) is 12.1. The summed E-state index contributed by atoms with van der Waals surface area (Å²) in [5, 5.41) is 5.19. The number of nitrogens with one attached hydrogen (secondary N) is 2. The summed E-state index contributed by atoms with van der Waals surface area (Å²) in [6, 6.07) is 5.99. The molecule has 1 aliphatic heterocycles. The van der Waals surface area contributed by atoms with Gasteiger partial charge in [-0.05, 0) is 38.1 Å². The second-order valence-electron chi connectivity index (χ2n) is 6.17. The van der Waals surface area contributed by atoms with E-state index in [0.717, 1.165) is 48.5 Å². The molecule has 0 radical (unpaired) electrons. The number of aromatic nitrogens is 2. The minimum Gasteiger partial charge on any atom is -0.468 e. The van der Waals surface area contributed by atoms with Crippen molar-refractivity contribution in [1.29, 1.82) is 0 Å². The molecule has 25 heavy (non-hydrogen) atoms. The highest BCUT2D eigenvalue weighted by molar-refractivity contribution is 5.75. The molecule has 134 valence electrons. The number of nitrogens with zero attached hydrogens (tertiary/aromatic N) is 2. The Balaban J connectivity index is 1.64. The van der Waals surface area contributed by atoms with E-state index in [1.165, 1.54) is 6.42 Å². The van der Waals surface area contributed by atoms with Crippen LogP contribution in [0.2, 0.25) is 0 Å². The smallest absolute Gasteiger partial charge is 0.265 e. The molecule has 0 aromatic carbocycles. The van der Waals surface area contributed by atoms with Crippen molar-refractivity contribution in [2.45, 2.75) is 31.8 Å². The monoisotopic (exact) mass is 346 g/mol. The third kappa shape index (κ3) is 4.48. The molecule has 1 aliphatic rings. The first-order valence-corrected chi connectivity index (χ1v) is 8.48. The van der Waals surface area contributed by atoms with Crippen LogP contribution in [0.3, 0.4) is 0 Å². The molecule has 3 rings (SSSR count). The fourth-order valence-electron chi connectivity index (χ4n) is 3.11. The van der Waals surface area contributed by atoms with E-state index < -0.39 is 11.1 Å². The number of carbonyl (C=O) groups excluding carboxylic acids is 1. The first kappa shape index (κ1) is 17.2. The zero-order valence-corrected chi connectivity index (χ0v) is 13.9. The lowest BCUT2D eigenvalue weighted by molar-refractivity contribution is -0.122. The third-order valence-corrected chi connectivity index (χ3v) is 4.39. The minimum atomic E-state index is -0.423. The summed E-state index contributed by atoms with van der Waals surface area (Å²) in [7, 11) is 0. The van der Waals surface area contributed by atoms with E-state index in [-0.39, 0.29) is 18.5 Å². The predicted octanol–water partition coefficient (Wildman–Crippen LogP) is 0.473. The molecule has 0 bridgehead atoms. The van der Waals surface area contributed by atoms with Gasteiger partial charge in [-0.25, -0.2) is 4.68 Å². The molecule has 2 aromatic heterocycles. The lowest BCUT2D eigenvalue weighted by Crippen LogP contribution is -2.42. The molecular formula is C17H22N4O4. The molecule has 1 atom stereocenters. The van der Waals surface area contributed by atoms with E-state index in [9.17, 15) is 14.4 Å². The van der Waals surface area contributed by atoms with Gasteiger partial charge >= 0.3 is 0 Å². The van der Waals surface area contributed by atoms with Gasteiger partial charge in [0.25, 0.3) is 11.1 Å². The van der Waals surface area contributed by atoms with E-state index in [1.807, 2.05) is 12.1 Å². The van der Waals surface area contributed by atoms with Gasteiger partial charge in [0.2, 0.25) is 5.91 Å². The normalized spacial score (nSPS) is 16.5. The number of furan rings is 1. The summed E-state index contributed by atoms with van der Waals surface area (Å²) in [4.78, 5) is 37.5. The number of amides is 1. The summed E-state index contributed by atoms with van der Waals surface area (Å²) in [5.74, 6) is 0.477. The van der Waals surface area contributed by atoms with Crippen LogP contribution in [-0.2, 0) is 11.3 Å². The van der Waals surface area contributed by atoms with Gasteiger partial charge in [-0.3, -0.25) is 24.4 Å². The highest BCUT2D eigenvalue weighted by Gasteiger charge is 2.24.